The molecule has 0 aliphatic carbocycles. The Bertz CT molecular complexity index is 2480. The number of hydrogen-bond donors (Lipinski definition) is 3. The number of methoxy groups -OCH3 is 1. The fourth-order valence-corrected chi connectivity index (χ4v) is 9.63. The molecule has 0 spiro atoms. The molecule has 6 heterocycles. The van der Waals surface area contributed by atoms with Crippen LogP contribution in [0.3, 0.4) is 0 Å². The minimum absolute atomic E-state index is 0.00724. The maximum Gasteiger partial charge on any atom is 0.324 e. The number of aliphatic hydroxyl groups is 1. The van der Waals surface area contributed by atoms with E-state index in [1.165, 1.54) is 21.9 Å². The molecule has 3 N–H and O–H groups in total. The summed E-state index contributed by atoms with van der Waals surface area (Å²) in [5, 5.41) is 16.8. The van der Waals surface area contributed by atoms with Gasteiger partial charge in [0.2, 0.25) is 11.8 Å². The van der Waals surface area contributed by atoms with Crippen LogP contribution in [0, 0.1) is 11.3 Å². The van der Waals surface area contributed by atoms with Gasteiger partial charge >= 0.3 is 5.97 Å². The Morgan fingerprint density at radius 2 is 1.88 bits per heavy atom. The maximum absolute atomic E-state index is 14.7. The molecule has 7 rings (SSSR count). The molecule has 3 aromatic heterocycles. The van der Waals surface area contributed by atoms with Crippen molar-refractivity contribution < 1.29 is 38.6 Å². The number of ether oxygens (including phenoxy) is 2. The lowest BCUT2D eigenvalue weighted by Crippen LogP contribution is -2.63. The zero-order chi connectivity index (χ0) is 46.8. The fourth-order valence-electron chi connectivity index (χ4n) is 9.63. The van der Waals surface area contributed by atoms with E-state index in [4.69, 9.17) is 14.5 Å². The second-order valence-electron chi connectivity index (χ2n) is 18.6. The number of β-amino-alcohol motifs (C(OH)–C–C–N with tert-alkyl or cyclic N) is 1. The van der Waals surface area contributed by atoms with Gasteiger partial charge in [0, 0.05) is 86.6 Å². The van der Waals surface area contributed by atoms with E-state index in [1.54, 1.807) is 33.4 Å². The van der Waals surface area contributed by atoms with E-state index in [2.05, 4.69) is 71.9 Å². The quantitative estimate of drug-likeness (QED) is 0.153. The van der Waals surface area contributed by atoms with Crippen molar-refractivity contribution in [3.63, 3.8) is 0 Å². The van der Waals surface area contributed by atoms with Crippen molar-refractivity contribution >= 4 is 40.5 Å². The molecular formula is C49H62N8O8. The normalized spacial score (nSPS) is 21.7. The Morgan fingerprint density at radius 3 is 2.60 bits per heavy atom. The molecule has 4 aromatic rings. The highest BCUT2D eigenvalue weighted by molar-refractivity contribution is 5.97. The predicted octanol–water partition coefficient (Wildman–Crippen LogP) is 4.21. The molecule has 6 bridgehead atoms. The van der Waals surface area contributed by atoms with E-state index < -0.39 is 64.7 Å². The molecule has 4 amide bonds. The highest BCUT2D eigenvalue weighted by atomic mass is 16.5. The van der Waals surface area contributed by atoms with E-state index in [0.29, 0.717) is 38.1 Å². The van der Waals surface area contributed by atoms with Crippen molar-refractivity contribution in [2.75, 3.05) is 40.4 Å². The second kappa shape index (κ2) is 19.2. The number of carbonyl (C=O) groups is 5. The molecular weight excluding hydrogens is 829 g/mol. The monoisotopic (exact) mass is 890 g/mol. The van der Waals surface area contributed by atoms with Gasteiger partial charge in [0.1, 0.15) is 18.1 Å². The predicted molar refractivity (Wildman–Crippen MR) is 244 cm³/mol. The number of benzene rings is 1. The number of hydrazine groups is 1. The van der Waals surface area contributed by atoms with E-state index in [1.807, 2.05) is 18.2 Å². The standard InChI is InChI=1S/C49H62N8O8/c1-9-41(58)55-22-18-49(63,28-55)47(62)54(7)42(30(3)4)44(59)52-38-25-33-23-32(17-20-50-33)31-15-16-40-35(24-31)36(43(56(40)10-2)34-13-11-19-51-39(34)27-64-8)26-48(5,6)29-65-46(61)37-14-12-21-57(53-37)45(38)60/h9,11,13,15-17,19-20,23-24,30,37-38,42,53,63H,1,10,12,14,18,21-22,25-29H2,2-8H3,(H,52,59)/t37-,38-,42-,49?/m0/s1. The number of aromatic nitrogens is 3. The Hall–Kier alpha value is -5.97. The van der Waals surface area contributed by atoms with Crippen LogP contribution in [-0.4, -0.2) is 128 Å². The van der Waals surface area contributed by atoms with Crippen LogP contribution in [0.5, 0.6) is 0 Å². The van der Waals surface area contributed by atoms with Crippen LogP contribution in [0.1, 0.15) is 70.8 Å². The lowest BCUT2D eigenvalue weighted by atomic mass is 9.84. The van der Waals surface area contributed by atoms with E-state index in [0.717, 1.165) is 50.6 Å². The first-order valence-electron chi connectivity index (χ1n) is 22.5. The smallest absolute Gasteiger partial charge is 0.324 e. The Morgan fingerprint density at radius 1 is 1.11 bits per heavy atom. The third-order valence-electron chi connectivity index (χ3n) is 12.9. The van der Waals surface area contributed by atoms with Gasteiger partial charge in [0.05, 0.1) is 31.1 Å². The molecule has 0 saturated carbocycles. The summed E-state index contributed by atoms with van der Waals surface area (Å²) in [4.78, 5) is 81.2. The largest absolute Gasteiger partial charge is 0.464 e. The topological polar surface area (TPSA) is 189 Å². The number of aryl methyl sites for hydroxylation is 1. The van der Waals surface area contributed by atoms with E-state index in [9.17, 15) is 29.1 Å². The number of likely N-dealkylation sites (N-methyl/N-ethyl adjacent to an activating group) is 1. The van der Waals surface area contributed by atoms with Gasteiger partial charge in [-0.05, 0) is 91.3 Å². The lowest BCUT2D eigenvalue weighted by Gasteiger charge is -2.37. The van der Waals surface area contributed by atoms with Crippen LogP contribution in [0.15, 0.2) is 67.5 Å². The summed E-state index contributed by atoms with van der Waals surface area (Å²) >= 11 is 0. The molecule has 0 radical (unpaired) electrons. The number of esters is 1. The minimum atomic E-state index is -1.91. The average Bonchev–Trinajstić information content (AvgIpc) is 3.84. The summed E-state index contributed by atoms with van der Waals surface area (Å²) in [7, 11) is 3.10. The van der Waals surface area contributed by atoms with Crippen molar-refractivity contribution in [3.8, 4) is 22.4 Å². The van der Waals surface area contributed by atoms with Crippen molar-refractivity contribution in [1.29, 1.82) is 0 Å². The molecule has 346 valence electrons. The van der Waals surface area contributed by atoms with Gasteiger partial charge in [-0.2, -0.15) is 0 Å². The summed E-state index contributed by atoms with van der Waals surface area (Å²) in [5.41, 5.74) is 7.91. The van der Waals surface area contributed by atoms with Crippen LogP contribution >= 0.6 is 0 Å². The average molecular weight is 891 g/mol. The van der Waals surface area contributed by atoms with Gasteiger partial charge in [-0.15, -0.1) is 0 Å². The van der Waals surface area contributed by atoms with Gasteiger partial charge in [-0.3, -0.25) is 38.9 Å². The van der Waals surface area contributed by atoms with Crippen molar-refractivity contribution in [1.82, 2.24) is 40.1 Å². The zero-order valence-corrected chi connectivity index (χ0v) is 38.6. The number of hydrogen-bond acceptors (Lipinski definition) is 11. The lowest BCUT2D eigenvalue weighted by molar-refractivity contribution is -0.156. The van der Waals surface area contributed by atoms with Crippen LogP contribution in [0.25, 0.3) is 33.3 Å². The second-order valence-corrected chi connectivity index (χ2v) is 18.6. The van der Waals surface area contributed by atoms with Gasteiger partial charge in [0.15, 0.2) is 5.60 Å². The van der Waals surface area contributed by atoms with Crippen molar-refractivity contribution in [2.24, 2.45) is 11.3 Å². The highest BCUT2D eigenvalue weighted by Gasteiger charge is 2.48. The Balaban J connectivity index is 1.29. The van der Waals surface area contributed by atoms with Crippen LogP contribution in [0.4, 0.5) is 0 Å². The molecule has 16 heteroatoms. The number of nitrogens with one attached hydrogen (secondary N) is 2. The van der Waals surface area contributed by atoms with Gasteiger partial charge in [0.25, 0.3) is 11.8 Å². The number of fused-ring (bicyclic) bond motifs is 6. The fraction of sp³-hybridized carbons (Fsp3) is 0.490. The van der Waals surface area contributed by atoms with E-state index in [-0.39, 0.29) is 39.1 Å². The summed E-state index contributed by atoms with van der Waals surface area (Å²) in [6.07, 6.45) is 6.07. The number of pyridine rings is 2. The Kier molecular flexibility index (Phi) is 13.9. The number of amides is 4. The molecule has 2 fully saturated rings. The van der Waals surface area contributed by atoms with Crippen LogP contribution in [0.2, 0.25) is 0 Å². The van der Waals surface area contributed by atoms with E-state index >= 15 is 0 Å². The summed E-state index contributed by atoms with van der Waals surface area (Å²) in [6, 6.07) is 11.1. The number of cyclic esters (lactones) is 1. The van der Waals surface area contributed by atoms with Crippen LogP contribution in [-0.2, 0) is 59.4 Å². The SMILES string of the molecule is C=CC(=O)N1CCC(O)(C(=O)N(C)[C@H](C(=O)N[C@H]2Cc3cc(ccn3)-c3ccc4c(c3)c(c(-c3cccnc3COC)n4CC)CC(C)(C)COC(=O)[C@@H]3CCCN(N3)C2=O)C(C)C)C1. The highest BCUT2D eigenvalue weighted by Crippen LogP contribution is 2.41. The molecule has 1 aromatic carbocycles. The number of nitrogens with zero attached hydrogens (tertiary/aromatic N) is 6. The molecule has 3 aliphatic heterocycles. The maximum atomic E-state index is 14.7. The number of rotatable bonds is 10. The third kappa shape index (κ3) is 9.70. The summed E-state index contributed by atoms with van der Waals surface area (Å²) in [6.45, 7) is 14.6. The molecule has 65 heavy (non-hydrogen) atoms. The van der Waals surface area contributed by atoms with Crippen LogP contribution < -0.4 is 10.7 Å². The molecule has 16 nitrogen and oxygen atoms in total. The van der Waals surface area contributed by atoms with Gasteiger partial charge in [-0.25, -0.2) is 5.43 Å². The van der Waals surface area contributed by atoms with Crippen molar-refractivity contribution in [2.45, 2.75) is 104 Å². The zero-order valence-electron chi connectivity index (χ0n) is 38.6. The minimum Gasteiger partial charge on any atom is -0.464 e. The molecule has 4 atom stereocenters. The van der Waals surface area contributed by atoms with Crippen molar-refractivity contribution in [3.05, 3.63) is 84.5 Å². The molecule has 3 aliphatic rings. The third-order valence-corrected chi connectivity index (χ3v) is 12.9. The number of likely N-dealkylation sites (tertiary alicyclic amines) is 1. The van der Waals surface area contributed by atoms with Gasteiger partial charge < -0.3 is 34.3 Å². The van der Waals surface area contributed by atoms with Gasteiger partial charge in [-0.1, -0.05) is 40.3 Å². The summed E-state index contributed by atoms with van der Waals surface area (Å²) < 4.78 is 14.0. The first-order chi connectivity index (χ1) is 31.0. The molecule has 2 saturated heterocycles. The summed E-state index contributed by atoms with van der Waals surface area (Å²) in [5.74, 6) is -3.15. The number of carbonyl (C=O) groups excluding carboxylic acids is 5. The first kappa shape index (κ1) is 47.0. The Labute approximate surface area is 380 Å². The first-order valence-corrected chi connectivity index (χ1v) is 22.5. The molecule has 1 unspecified atom stereocenters.